The standard InChI is InChI=1S/C19H21ClN6O2/c1-5-25-18-21-16-15(26(18)12(3)11(2)22-25)17(27)24(19(28)23(16)4)10-13-6-8-14(20)9-7-13/h6-9,12H,5,10H2,1-4H3/t12-/m0/s1. The van der Waals surface area contributed by atoms with E-state index in [4.69, 9.17) is 11.6 Å². The van der Waals surface area contributed by atoms with Crippen molar-refractivity contribution in [1.29, 1.82) is 0 Å². The normalized spacial score (nSPS) is 16.4. The highest BCUT2D eigenvalue weighted by Gasteiger charge is 2.29. The van der Waals surface area contributed by atoms with Crippen molar-refractivity contribution < 1.29 is 0 Å². The molecule has 3 heterocycles. The second-order valence-electron chi connectivity index (χ2n) is 6.95. The Bertz CT molecular complexity index is 1220. The zero-order valence-electron chi connectivity index (χ0n) is 16.2. The van der Waals surface area contributed by atoms with Gasteiger partial charge in [0.2, 0.25) is 5.95 Å². The second-order valence-corrected chi connectivity index (χ2v) is 7.38. The molecular formula is C19H21ClN6O2. The van der Waals surface area contributed by atoms with Crippen LogP contribution in [0, 0.1) is 0 Å². The summed E-state index contributed by atoms with van der Waals surface area (Å²) in [6, 6.07) is 6.97. The Labute approximate surface area is 166 Å². The first-order chi connectivity index (χ1) is 13.3. The molecular weight excluding hydrogens is 380 g/mol. The molecule has 1 aliphatic heterocycles. The van der Waals surface area contributed by atoms with Crippen LogP contribution in [0.4, 0.5) is 5.95 Å². The molecule has 0 spiro atoms. The van der Waals surface area contributed by atoms with Crippen LogP contribution in [0.15, 0.2) is 39.0 Å². The van der Waals surface area contributed by atoms with Gasteiger partial charge in [0.05, 0.1) is 18.3 Å². The van der Waals surface area contributed by atoms with Gasteiger partial charge in [-0.15, -0.1) is 0 Å². The molecule has 9 heteroatoms. The molecule has 3 aromatic rings. The summed E-state index contributed by atoms with van der Waals surface area (Å²) in [7, 11) is 1.64. The molecule has 0 amide bonds. The molecule has 0 saturated carbocycles. The molecule has 1 aliphatic rings. The second kappa shape index (κ2) is 6.63. The first-order valence-corrected chi connectivity index (χ1v) is 9.50. The Morgan fingerprint density at radius 3 is 2.50 bits per heavy atom. The van der Waals surface area contributed by atoms with Crippen molar-refractivity contribution in [3.8, 4) is 0 Å². The highest BCUT2D eigenvalue weighted by molar-refractivity contribution is 6.30. The third kappa shape index (κ3) is 2.67. The average Bonchev–Trinajstić information content (AvgIpc) is 3.09. The van der Waals surface area contributed by atoms with Crippen LogP contribution in [0.5, 0.6) is 0 Å². The van der Waals surface area contributed by atoms with E-state index in [0.29, 0.717) is 28.7 Å². The van der Waals surface area contributed by atoms with Gasteiger partial charge in [-0.1, -0.05) is 23.7 Å². The molecule has 146 valence electrons. The fourth-order valence-corrected chi connectivity index (χ4v) is 3.63. The van der Waals surface area contributed by atoms with Crippen LogP contribution in [-0.2, 0) is 13.6 Å². The quantitative estimate of drug-likeness (QED) is 0.676. The Kier molecular flexibility index (Phi) is 4.38. The number of anilines is 1. The van der Waals surface area contributed by atoms with Crippen LogP contribution in [0.1, 0.15) is 32.4 Å². The van der Waals surface area contributed by atoms with Crippen LogP contribution in [0.25, 0.3) is 11.2 Å². The molecule has 4 rings (SSSR count). The molecule has 28 heavy (non-hydrogen) atoms. The van der Waals surface area contributed by atoms with Crippen LogP contribution < -0.4 is 16.3 Å². The number of aryl methyl sites for hydroxylation is 1. The zero-order chi connectivity index (χ0) is 20.2. The fourth-order valence-electron chi connectivity index (χ4n) is 3.51. The van der Waals surface area contributed by atoms with Crippen LogP contribution in [0.2, 0.25) is 5.02 Å². The number of halogens is 1. The van der Waals surface area contributed by atoms with E-state index in [1.807, 2.05) is 37.5 Å². The molecule has 2 aromatic heterocycles. The molecule has 0 radical (unpaired) electrons. The average molecular weight is 401 g/mol. The summed E-state index contributed by atoms with van der Waals surface area (Å²) in [4.78, 5) is 30.8. The van der Waals surface area contributed by atoms with Gasteiger partial charge in [-0.3, -0.25) is 18.5 Å². The molecule has 0 saturated heterocycles. The number of benzene rings is 1. The number of hydrazone groups is 1. The lowest BCUT2D eigenvalue weighted by molar-refractivity contribution is 0.631. The van der Waals surface area contributed by atoms with Gasteiger partial charge in [-0.25, -0.2) is 9.80 Å². The number of imidazole rings is 1. The number of hydrogen-bond acceptors (Lipinski definition) is 5. The van der Waals surface area contributed by atoms with Crippen LogP contribution >= 0.6 is 11.6 Å². The summed E-state index contributed by atoms with van der Waals surface area (Å²) < 4.78 is 4.54. The summed E-state index contributed by atoms with van der Waals surface area (Å²) in [6.45, 7) is 6.65. The van der Waals surface area contributed by atoms with Crippen molar-refractivity contribution in [2.24, 2.45) is 12.1 Å². The first-order valence-electron chi connectivity index (χ1n) is 9.12. The van der Waals surface area contributed by atoms with Gasteiger partial charge in [0, 0.05) is 18.6 Å². The van der Waals surface area contributed by atoms with Gasteiger partial charge < -0.3 is 0 Å². The zero-order valence-corrected chi connectivity index (χ0v) is 16.9. The highest BCUT2D eigenvalue weighted by atomic mass is 35.5. The van der Waals surface area contributed by atoms with Crippen molar-refractivity contribution in [3.05, 3.63) is 55.7 Å². The summed E-state index contributed by atoms with van der Waals surface area (Å²) in [6.07, 6.45) is 0. The van der Waals surface area contributed by atoms with Crippen molar-refractivity contribution in [2.75, 3.05) is 11.6 Å². The third-order valence-corrected chi connectivity index (χ3v) is 5.46. The minimum absolute atomic E-state index is 0.128. The summed E-state index contributed by atoms with van der Waals surface area (Å²) in [5.41, 5.74) is 1.72. The van der Waals surface area contributed by atoms with E-state index in [1.165, 1.54) is 9.13 Å². The van der Waals surface area contributed by atoms with E-state index in [-0.39, 0.29) is 18.1 Å². The Balaban J connectivity index is 1.99. The summed E-state index contributed by atoms with van der Waals surface area (Å²) in [5.74, 6) is 0.576. The van der Waals surface area contributed by atoms with Crippen LogP contribution in [-0.4, -0.2) is 30.9 Å². The number of rotatable bonds is 3. The number of hydrogen-bond donors (Lipinski definition) is 0. The van der Waals surface area contributed by atoms with E-state index < -0.39 is 5.69 Å². The lowest BCUT2D eigenvalue weighted by atomic mass is 10.2. The van der Waals surface area contributed by atoms with Crippen LogP contribution in [0.3, 0.4) is 0 Å². The van der Waals surface area contributed by atoms with Gasteiger partial charge in [0.25, 0.3) is 5.56 Å². The number of aromatic nitrogens is 4. The maximum absolute atomic E-state index is 13.4. The predicted molar refractivity (Wildman–Crippen MR) is 111 cm³/mol. The molecule has 0 aliphatic carbocycles. The third-order valence-electron chi connectivity index (χ3n) is 5.21. The smallest absolute Gasteiger partial charge is 0.294 e. The van der Waals surface area contributed by atoms with Gasteiger partial charge >= 0.3 is 5.69 Å². The van der Waals surface area contributed by atoms with Gasteiger partial charge in [-0.05, 0) is 38.5 Å². The van der Waals surface area contributed by atoms with Crippen molar-refractivity contribution in [1.82, 2.24) is 18.7 Å². The van der Waals surface area contributed by atoms with E-state index in [2.05, 4.69) is 10.1 Å². The topological polar surface area (TPSA) is 77.4 Å². The first kappa shape index (κ1) is 18.5. The Hall–Kier alpha value is -2.87. The van der Waals surface area contributed by atoms with Crippen molar-refractivity contribution >= 4 is 34.4 Å². The molecule has 1 aromatic carbocycles. The molecule has 0 unspecified atom stereocenters. The van der Waals surface area contributed by atoms with Crippen molar-refractivity contribution in [2.45, 2.75) is 33.4 Å². The lowest BCUT2D eigenvalue weighted by Gasteiger charge is -2.28. The molecule has 0 bridgehead atoms. The summed E-state index contributed by atoms with van der Waals surface area (Å²) >= 11 is 5.94. The van der Waals surface area contributed by atoms with Crippen molar-refractivity contribution in [3.63, 3.8) is 0 Å². The van der Waals surface area contributed by atoms with E-state index in [9.17, 15) is 9.59 Å². The number of fused-ring (bicyclic) bond motifs is 3. The van der Waals surface area contributed by atoms with Gasteiger partial charge in [0.1, 0.15) is 0 Å². The minimum Gasteiger partial charge on any atom is -0.294 e. The largest absolute Gasteiger partial charge is 0.332 e. The summed E-state index contributed by atoms with van der Waals surface area (Å²) in [5, 5.41) is 6.91. The predicted octanol–water partition coefficient (Wildman–Crippen LogP) is 2.38. The molecule has 0 fully saturated rings. The molecule has 1 atom stereocenters. The molecule has 0 N–H and O–H groups in total. The lowest BCUT2D eigenvalue weighted by Crippen LogP contribution is -2.40. The Morgan fingerprint density at radius 1 is 1.18 bits per heavy atom. The maximum atomic E-state index is 13.4. The fraction of sp³-hybridized carbons (Fsp3) is 0.368. The monoisotopic (exact) mass is 400 g/mol. The SMILES string of the molecule is CCN1N=C(C)[C@H](C)n2c1nc1c2c(=O)n(Cc2ccc(Cl)cc2)c(=O)n1C. The molecule has 8 nitrogen and oxygen atoms in total. The van der Waals surface area contributed by atoms with E-state index >= 15 is 0 Å². The maximum Gasteiger partial charge on any atom is 0.332 e. The highest BCUT2D eigenvalue weighted by Crippen LogP contribution is 2.29. The number of nitrogens with zero attached hydrogens (tertiary/aromatic N) is 6. The van der Waals surface area contributed by atoms with E-state index in [1.54, 1.807) is 24.2 Å². The van der Waals surface area contributed by atoms with E-state index in [0.717, 1.165) is 11.3 Å². The minimum atomic E-state index is -0.406. The van der Waals surface area contributed by atoms with Gasteiger partial charge in [0.15, 0.2) is 11.2 Å². The Morgan fingerprint density at radius 2 is 1.86 bits per heavy atom. The van der Waals surface area contributed by atoms with Gasteiger partial charge in [-0.2, -0.15) is 10.1 Å².